The number of carbonyl (C=O) groups is 1. The van der Waals surface area contributed by atoms with Crippen molar-refractivity contribution in [2.75, 3.05) is 24.3 Å². The Kier molecular flexibility index (Phi) is 7.16. The van der Waals surface area contributed by atoms with Gasteiger partial charge in [0, 0.05) is 41.6 Å². The van der Waals surface area contributed by atoms with Gasteiger partial charge in [0.1, 0.15) is 18.0 Å². The van der Waals surface area contributed by atoms with E-state index in [0.717, 1.165) is 78.1 Å². The van der Waals surface area contributed by atoms with Crippen LogP contribution in [0.4, 0.5) is 16.2 Å². The smallest absolute Gasteiger partial charge is 0.412 e. The molecule has 0 bridgehead atoms. The predicted molar refractivity (Wildman–Crippen MR) is 154 cm³/mol. The number of benzene rings is 3. The first-order chi connectivity index (χ1) is 19.1. The number of nitrogens with one attached hydrogen (secondary N) is 1. The minimum Gasteiger partial charge on any atom is -0.490 e. The number of ether oxygens (including phenoxy) is 3. The normalized spacial score (nSPS) is 16.9. The molecule has 1 unspecified atom stereocenters. The van der Waals surface area contributed by atoms with E-state index in [1.54, 1.807) is 0 Å². The Labute approximate surface area is 228 Å². The first-order valence-electron chi connectivity index (χ1n) is 13.9. The van der Waals surface area contributed by atoms with Crippen LogP contribution in [0.25, 0.3) is 22.2 Å². The summed E-state index contributed by atoms with van der Waals surface area (Å²) in [5.74, 6) is 0.877. The lowest BCUT2D eigenvalue weighted by atomic mass is 9.92. The van der Waals surface area contributed by atoms with Crippen molar-refractivity contribution >= 4 is 28.4 Å². The summed E-state index contributed by atoms with van der Waals surface area (Å²) in [4.78, 5) is 12.5. The van der Waals surface area contributed by atoms with Gasteiger partial charge in [0.15, 0.2) is 0 Å². The molecular weight excluding hydrogens is 490 g/mol. The summed E-state index contributed by atoms with van der Waals surface area (Å²) in [7, 11) is 0. The monoisotopic (exact) mass is 525 g/mol. The highest BCUT2D eigenvalue weighted by Crippen LogP contribution is 2.45. The van der Waals surface area contributed by atoms with Gasteiger partial charge in [0.05, 0.1) is 30.1 Å². The van der Waals surface area contributed by atoms with Crippen molar-refractivity contribution < 1.29 is 19.0 Å². The predicted octanol–water partition coefficient (Wildman–Crippen LogP) is 7.48. The van der Waals surface area contributed by atoms with Gasteiger partial charge in [0.2, 0.25) is 0 Å². The van der Waals surface area contributed by atoms with Crippen molar-refractivity contribution in [3.63, 3.8) is 0 Å². The lowest BCUT2D eigenvalue weighted by molar-refractivity contribution is 0.0256. The Bertz CT molecular complexity index is 1440. The summed E-state index contributed by atoms with van der Waals surface area (Å²) < 4.78 is 19.8. The second-order valence-corrected chi connectivity index (χ2v) is 10.5. The zero-order valence-corrected chi connectivity index (χ0v) is 22.3. The lowest BCUT2D eigenvalue weighted by Crippen LogP contribution is -2.25. The van der Waals surface area contributed by atoms with Gasteiger partial charge in [-0.1, -0.05) is 42.5 Å². The van der Waals surface area contributed by atoms with Crippen molar-refractivity contribution in [2.45, 2.75) is 57.3 Å². The summed E-state index contributed by atoms with van der Waals surface area (Å²) in [5.41, 5.74) is 12.3. The summed E-state index contributed by atoms with van der Waals surface area (Å²) in [6, 6.07) is 24.2. The van der Waals surface area contributed by atoms with Gasteiger partial charge < -0.3 is 24.5 Å². The molecule has 2 aliphatic rings. The van der Waals surface area contributed by atoms with Crippen LogP contribution in [0, 0.1) is 0 Å². The number of nitrogens with two attached hydrogens (primary N) is 1. The van der Waals surface area contributed by atoms with Gasteiger partial charge in [-0.2, -0.15) is 0 Å². The van der Waals surface area contributed by atoms with Crippen LogP contribution in [0.1, 0.15) is 56.7 Å². The number of carbonyl (C=O) groups excluding carboxylic acids is 1. The fraction of sp³-hybridized carbons (Fsp3) is 0.344. The van der Waals surface area contributed by atoms with E-state index in [-0.39, 0.29) is 12.2 Å². The Hall–Kier alpha value is -3.97. The molecule has 1 aliphatic heterocycles. The van der Waals surface area contributed by atoms with Gasteiger partial charge in [-0.15, -0.1) is 0 Å². The van der Waals surface area contributed by atoms with Crippen molar-refractivity contribution in [3.8, 4) is 17.0 Å². The number of rotatable bonds is 7. The van der Waals surface area contributed by atoms with E-state index in [4.69, 9.17) is 19.9 Å². The fourth-order valence-corrected chi connectivity index (χ4v) is 5.51. The van der Waals surface area contributed by atoms with Crippen LogP contribution >= 0.6 is 0 Å². The average molecular weight is 526 g/mol. The molecule has 202 valence electrons. The number of nitrogens with zero attached hydrogens (tertiary/aromatic N) is 1. The van der Waals surface area contributed by atoms with E-state index in [0.29, 0.717) is 11.7 Å². The molecule has 3 N–H and O–H groups in total. The van der Waals surface area contributed by atoms with E-state index in [1.807, 2.05) is 67.6 Å². The van der Waals surface area contributed by atoms with Crippen molar-refractivity contribution in [2.24, 2.45) is 0 Å². The molecule has 7 heteroatoms. The minimum atomic E-state index is -0.487. The summed E-state index contributed by atoms with van der Waals surface area (Å²) in [6.07, 6.45) is 4.65. The highest BCUT2D eigenvalue weighted by molar-refractivity contribution is 6.01. The number of amides is 1. The molecule has 2 fully saturated rings. The first-order valence-corrected chi connectivity index (χ1v) is 13.9. The molecule has 6 rings (SSSR count). The van der Waals surface area contributed by atoms with Gasteiger partial charge in [-0.25, -0.2) is 4.79 Å². The van der Waals surface area contributed by atoms with Crippen LogP contribution in [0.3, 0.4) is 0 Å². The Morgan fingerprint density at radius 1 is 1.00 bits per heavy atom. The fourth-order valence-electron chi connectivity index (χ4n) is 5.51. The zero-order valence-electron chi connectivity index (χ0n) is 22.3. The Morgan fingerprint density at radius 2 is 1.74 bits per heavy atom. The SMILES string of the molecule is CC(OC(=O)Nc1ccc(-c2c(N)c3ccc(OC4CCOCC4)cc3n2C2CCC2)cc1)c1ccccc1. The van der Waals surface area contributed by atoms with Crippen LogP contribution in [0.15, 0.2) is 72.8 Å². The number of nitrogen functional groups attached to an aromatic ring is 1. The molecule has 3 aromatic carbocycles. The molecule has 0 radical (unpaired) electrons. The first kappa shape index (κ1) is 25.3. The van der Waals surface area contributed by atoms with E-state index in [1.165, 1.54) is 6.42 Å². The number of anilines is 2. The van der Waals surface area contributed by atoms with E-state index in [9.17, 15) is 4.79 Å². The summed E-state index contributed by atoms with van der Waals surface area (Å²) in [5, 5.41) is 3.88. The van der Waals surface area contributed by atoms with Crippen molar-refractivity contribution in [1.29, 1.82) is 0 Å². The van der Waals surface area contributed by atoms with E-state index < -0.39 is 6.09 Å². The molecule has 7 nitrogen and oxygen atoms in total. The second kappa shape index (κ2) is 11.0. The molecular formula is C32H35N3O4. The molecule has 1 amide bonds. The average Bonchev–Trinajstić information content (AvgIpc) is 3.20. The maximum absolute atomic E-state index is 12.5. The Balaban J connectivity index is 1.24. The molecule has 1 saturated heterocycles. The highest BCUT2D eigenvalue weighted by atomic mass is 16.6. The largest absolute Gasteiger partial charge is 0.490 e. The van der Waals surface area contributed by atoms with E-state index >= 15 is 0 Å². The molecule has 1 saturated carbocycles. The standard InChI is InChI=1S/C32H35N3O4/c1-21(22-6-3-2-4-7-22)38-32(36)34-24-12-10-23(11-13-24)31-30(33)28-15-14-27(39-26-16-18-37-19-17-26)20-29(28)35(31)25-8-5-9-25/h2-4,6-7,10-15,20-21,25-26H,5,8-9,16-19,33H2,1H3,(H,34,36). The summed E-state index contributed by atoms with van der Waals surface area (Å²) in [6.45, 7) is 3.36. The third-order valence-electron chi connectivity index (χ3n) is 7.88. The van der Waals surface area contributed by atoms with Gasteiger partial charge >= 0.3 is 6.09 Å². The van der Waals surface area contributed by atoms with Crippen LogP contribution in [0.5, 0.6) is 5.75 Å². The van der Waals surface area contributed by atoms with Gasteiger partial charge in [-0.05, 0) is 56.0 Å². The number of hydrogen-bond donors (Lipinski definition) is 2. The maximum Gasteiger partial charge on any atom is 0.412 e. The zero-order chi connectivity index (χ0) is 26.8. The van der Waals surface area contributed by atoms with Crippen molar-refractivity contribution in [1.82, 2.24) is 4.57 Å². The topological polar surface area (TPSA) is 87.7 Å². The van der Waals surface area contributed by atoms with Crippen LogP contribution < -0.4 is 15.8 Å². The molecule has 39 heavy (non-hydrogen) atoms. The number of hydrogen-bond acceptors (Lipinski definition) is 5. The third kappa shape index (κ3) is 5.32. The molecule has 4 aromatic rings. The molecule has 1 aliphatic carbocycles. The minimum absolute atomic E-state index is 0.183. The highest BCUT2D eigenvalue weighted by Gasteiger charge is 2.27. The number of aromatic nitrogens is 1. The quantitative estimate of drug-likeness (QED) is 0.261. The second-order valence-electron chi connectivity index (χ2n) is 10.5. The van der Waals surface area contributed by atoms with Crippen molar-refractivity contribution in [3.05, 3.63) is 78.4 Å². The van der Waals surface area contributed by atoms with Crippen LogP contribution in [-0.2, 0) is 9.47 Å². The summed E-state index contributed by atoms with van der Waals surface area (Å²) >= 11 is 0. The molecule has 1 atom stereocenters. The molecule has 2 heterocycles. The van der Waals surface area contributed by atoms with Gasteiger partial charge in [-0.3, -0.25) is 5.32 Å². The third-order valence-corrected chi connectivity index (χ3v) is 7.88. The number of fused-ring (bicyclic) bond motifs is 1. The lowest BCUT2D eigenvalue weighted by Gasteiger charge is -2.30. The maximum atomic E-state index is 12.5. The van der Waals surface area contributed by atoms with Crippen LogP contribution in [-0.4, -0.2) is 30.0 Å². The molecule has 0 spiro atoms. The van der Waals surface area contributed by atoms with Gasteiger partial charge in [0.25, 0.3) is 0 Å². The molecule has 1 aromatic heterocycles. The van der Waals surface area contributed by atoms with E-state index in [2.05, 4.69) is 22.0 Å². The Morgan fingerprint density at radius 3 is 2.44 bits per heavy atom. The van der Waals surface area contributed by atoms with Crippen LogP contribution in [0.2, 0.25) is 0 Å².